The van der Waals surface area contributed by atoms with Gasteiger partial charge in [-0.05, 0) is 30.3 Å². The van der Waals surface area contributed by atoms with E-state index < -0.39 is 0 Å². The zero-order valence-electron chi connectivity index (χ0n) is 11.0. The molecule has 0 bridgehead atoms. The minimum atomic E-state index is -0.0189. The topological polar surface area (TPSA) is 72.0 Å². The van der Waals surface area contributed by atoms with Crippen molar-refractivity contribution in [3.8, 4) is 5.75 Å². The van der Waals surface area contributed by atoms with E-state index in [9.17, 15) is 0 Å². The van der Waals surface area contributed by atoms with Crippen LogP contribution in [0.2, 0.25) is 5.02 Å². The van der Waals surface area contributed by atoms with Crippen molar-refractivity contribution in [3.05, 3.63) is 58.1 Å². The second-order valence-electron chi connectivity index (χ2n) is 4.42. The molecule has 0 aliphatic carbocycles. The first-order chi connectivity index (χ1) is 10.1. The van der Waals surface area contributed by atoms with Gasteiger partial charge in [0.2, 0.25) is 0 Å². The Morgan fingerprint density at radius 1 is 1.29 bits per heavy atom. The molecule has 0 saturated carbocycles. The van der Waals surface area contributed by atoms with Crippen molar-refractivity contribution in [2.75, 3.05) is 0 Å². The third-order valence-corrected chi connectivity index (χ3v) is 4.24. The molecule has 1 aromatic heterocycles. The maximum absolute atomic E-state index is 7.37. The van der Waals surface area contributed by atoms with Gasteiger partial charge in [0.25, 0.3) is 0 Å². The molecule has 3 aromatic rings. The lowest BCUT2D eigenvalue weighted by molar-refractivity contribution is 0.306. The minimum Gasteiger partial charge on any atom is -0.485 e. The summed E-state index contributed by atoms with van der Waals surface area (Å²) < 4.78 is 6.83. The van der Waals surface area contributed by atoms with E-state index in [1.165, 1.54) is 0 Å². The molecule has 0 spiro atoms. The fourth-order valence-corrected chi connectivity index (χ4v) is 3.02. The van der Waals surface area contributed by atoms with Crippen molar-refractivity contribution >= 4 is 39.0 Å². The number of rotatable bonds is 4. The monoisotopic (exact) mass is 317 g/mol. The smallest absolute Gasteiger partial charge is 0.140 e. The van der Waals surface area contributed by atoms with Crippen LogP contribution in [-0.2, 0) is 6.61 Å². The summed E-state index contributed by atoms with van der Waals surface area (Å²) in [5.41, 5.74) is 6.96. The number of thiazole rings is 1. The molecule has 106 valence electrons. The normalized spacial score (nSPS) is 10.7. The molecule has 3 N–H and O–H groups in total. The Labute approximate surface area is 130 Å². The summed E-state index contributed by atoms with van der Waals surface area (Å²) in [6.07, 6.45) is 0. The van der Waals surface area contributed by atoms with Crippen molar-refractivity contribution < 1.29 is 4.74 Å². The van der Waals surface area contributed by atoms with Crippen molar-refractivity contribution in [2.45, 2.75) is 6.61 Å². The zero-order valence-corrected chi connectivity index (χ0v) is 12.5. The Kier molecular flexibility index (Phi) is 3.77. The predicted molar refractivity (Wildman–Crippen MR) is 86.4 cm³/mol. The van der Waals surface area contributed by atoms with E-state index >= 15 is 0 Å². The lowest BCUT2D eigenvalue weighted by Crippen LogP contribution is -2.10. The summed E-state index contributed by atoms with van der Waals surface area (Å²) in [4.78, 5) is 4.50. The SMILES string of the molecule is N=C(N)c1ccc(OCc2nc3ccccc3s2)c(Cl)c1. The first-order valence-electron chi connectivity index (χ1n) is 6.24. The lowest BCUT2D eigenvalue weighted by atomic mass is 10.2. The van der Waals surface area contributed by atoms with Crippen LogP contribution < -0.4 is 10.5 Å². The van der Waals surface area contributed by atoms with Gasteiger partial charge in [0.15, 0.2) is 0 Å². The summed E-state index contributed by atoms with van der Waals surface area (Å²) in [5.74, 6) is 0.538. The number of benzene rings is 2. The van der Waals surface area contributed by atoms with Crippen LogP contribution in [0.4, 0.5) is 0 Å². The third-order valence-electron chi connectivity index (χ3n) is 2.93. The van der Waals surface area contributed by atoms with E-state index in [-0.39, 0.29) is 5.84 Å². The Bertz CT molecular complexity index is 783. The van der Waals surface area contributed by atoms with Gasteiger partial charge in [-0.15, -0.1) is 11.3 Å². The number of hydrogen-bond acceptors (Lipinski definition) is 4. The summed E-state index contributed by atoms with van der Waals surface area (Å²) in [6, 6.07) is 13.0. The molecule has 4 nitrogen and oxygen atoms in total. The molecule has 0 unspecified atom stereocenters. The summed E-state index contributed by atoms with van der Waals surface area (Å²) in [7, 11) is 0. The van der Waals surface area contributed by atoms with E-state index in [4.69, 9.17) is 27.5 Å². The number of nitrogens with two attached hydrogens (primary N) is 1. The van der Waals surface area contributed by atoms with Crippen molar-refractivity contribution in [2.24, 2.45) is 5.73 Å². The van der Waals surface area contributed by atoms with E-state index in [0.29, 0.717) is 22.9 Å². The fourth-order valence-electron chi connectivity index (χ4n) is 1.91. The van der Waals surface area contributed by atoms with Gasteiger partial charge in [0, 0.05) is 5.56 Å². The highest BCUT2D eigenvalue weighted by Crippen LogP contribution is 2.28. The second-order valence-corrected chi connectivity index (χ2v) is 5.95. The van der Waals surface area contributed by atoms with E-state index in [2.05, 4.69) is 4.98 Å². The number of aromatic nitrogens is 1. The van der Waals surface area contributed by atoms with Gasteiger partial charge in [-0.25, -0.2) is 4.98 Å². The Balaban J connectivity index is 1.76. The second kappa shape index (κ2) is 5.71. The lowest BCUT2D eigenvalue weighted by Gasteiger charge is -2.07. The van der Waals surface area contributed by atoms with Crippen molar-refractivity contribution in [3.63, 3.8) is 0 Å². The van der Waals surface area contributed by atoms with Gasteiger partial charge in [-0.2, -0.15) is 0 Å². The molecule has 0 saturated heterocycles. The molecule has 0 amide bonds. The van der Waals surface area contributed by atoms with Gasteiger partial charge in [0.1, 0.15) is 23.2 Å². The van der Waals surface area contributed by atoms with Crippen LogP contribution in [0.15, 0.2) is 42.5 Å². The van der Waals surface area contributed by atoms with Gasteiger partial charge < -0.3 is 10.5 Å². The molecule has 0 radical (unpaired) electrons. The first-order valence-corrected chi connectivity index (χ1v) is 7.44. The molecular weight excluding hydrogens is 306 g/mol. The van der Waals surface area contributed by atoms with Crippen LogP contribution in [0, 0.1) is 5.41 Å². The highest BCUT2D eigenvalue weighted by molar-refractivity contribution is 7.18. The number of nitrogen functional groups attached to an aromatic ring is 1. The molecule has 21 heavy (non-hydrogen) atoms. The largest absolute Gasteiger partial charge is 0.485 e. The molecular formula is C15H12ClN3OS. The quantitative estimate of drug-likeness (QED) is 0.567. The van der Waals surface area contributed by atoms with E-state index in [1.54, 1.807) is 29.5 Å². The number of nitrogens with zero attached hydrogens (tertiary/aromatic N) is 1. The number of hydrogen-bond donors (Lipinski definition) is 2. The van der Waals surface area contributed by atoms with E-state index in [0.717, 1.165) is 15.2 Å². The zero-order chi connectivity index (χ0) is 14.8. The van der Waals surface area contributed by atoms with Crippen LogP contribution >= 0.6 is 22.9 Å². The van der Waals surface area contributed by atoms with Gasteiger partial charge in [-0.1, -0.05) is 23.7 Å². The number of amidine groups is 1. The van der Waals surface area contributed by atoms with Crippen molar-refractivity contribution in [1.29, 1.82) is 5.41 Å². The Hall–Kier alpha value is -2.11. The first kappa shape index (κ1) is 13.9. The van der Waals surface area contributed by atoms with Crippen LogP contribution in [0.3, 0.4) is 0 Å². The number of nitrogens with one attached hydrogen (secondary N) is 1. The maximum Gasteiger partial charge on any atom is 0.140 e. The molecule has 1 heterocycles. The summed E-state index contributed by atoms with van der Waals surface area (Å²) >= 11 is 7.72. The number of para-hydroxylation sites is 1. The van der Waals surface area contributed by atoms with Gasteiger partial charge in [0.05, 0.1) is 15.2 Å². The molecule has 6 heteroatoms. The molecule has 0 aliphatic heterocycles. The average molecular weight is 318 g/mol. The predicted octanol–water partition coefficient (Wildman–Crippen LogP) is 3.81. The summed E-state index contributed by atoms with van der Waals surface area (Å²) in [6.45, 7) is 0.360. The molecule has 0 fully saturated rings. The maximum atomic E-state index is 7.37. The number of fused-ring (bicyclic) bond motifs is 1. The van der Waals surface area contributed by atoms with Crippen LogP contribution in [0.1, 0.15) is 10.6 Å². The highest BCUT2D eigenvalue weighted by atomic mass is 35.5. The minimum absolute atomic E-state index is 0.0189. The van der Waals surface area contributed by atoms with Crippen molar-refractivity contribution in [1.82, 2.24) is 4.98 Å². The average Bonchev–Trinajstić information content (AvgIpc) is 2.88. The van der Waals surface area contributed by atoms with Crippen LogP contribution in [0.5, 0.6) is 5.75 Å². The number of halogens is 1. The molecule has 3 rings (SSSR count). The van der Waals surface area contributed by atoms with E-state index in [1.807, 2.05) is 24.3 Å². The Morgan fingerprint density at radius 2 is 2.10 bits per heavy atom. The standard InChI is InChI=1S/C15H12ClN3OS/c16-10-7-9(15(17)18)5-6-12(10)20-8-14-19-11-3-1-2-4-13(11)21-14/h1-7H,8H2,(H3,17,18). The third kappa shape index (κ3) is 2.99. The molecule has 0 aliphatic rings. The van der Waals surface area contributed by atoms with Gasteiger partial charge in [-0.3, -0.25) is 5.41 Å². The molecule has 2 aromatic carbocycles. The highest BCUT2D eigenvalue weighted by Gasteiger charge is 2.08. The summed E-state index contributed by atoms with van der Waals surface area (Å²) in [5, 5.41) is 8.70. The van der Waals surface area contributed by atoms with Crippen LogP contribution in [-0.4, -0.2) is 10.8 Å². The number of ether oxygens (including phenoxy) is 1. The molecule has 0 atom stereocenters. The van der Waals surface area contributed by atoms with Gasteiger partial charge >= 0.3 is 0 Å². The Morgan fingerprint density at radius 3 is 2.81 bits per heavy atom. The van der Waals surface area contributed by atoms with Crippen LogP contribution in [0.25, 0.3) is 10.2 Å². The fraction of sp³-hybridized carbons (Fsp3) is 0.0667.